The highest BCUT2D eigenvalue weighted by atomic mass is 16.2. The van der Waals surface area contributed by atoms with Crippen LogP contribution >= 0.6 is 0 Å². The molecule has 1 unspecified atom stereocenters. The smallest absolute Gasteiger partial charge is 0.247 e. The zero-order valence-corrected chi connectivity index (χ0v) is 21.1. The van der Waals surface area contributed by atoms with Crippen molar-refractivity contribution in [1.82, 2.24) is 16.0 Å². The highest BCUT2D eigenvalue weighted by Gasteiger charge is 2.46. The first-order chi connectivity index (χ1) is 16.2. The van der Waals surface area contributed by atoms with Crippen molar-refractivity contribution in [2.24, 2.45) is 5.41 Å². The molecule has 6 heteroatoms. The van der Waals surface area contributed by atoms with Crippen LogP contribution in [0.4, 0.5) is 5.69 Å². The lowest BCUT2D eigenvalue weighted by molar-refractivity contribution is -0.133. The maximum atomic E-state index is 14.1. The van der Waals surface area contributed by atoms with Gasteiger partial charge in [0.05, 0.1) is 5.41 Å². The zero-order chi connectivity index (χ0) is 24.3. The van der Waals surface area contributed by atoms with E-state index < -0.39 is 11.5 Å². The van der Waals surface area contributed by atoms with Gasteiger partial charge in [-0.25, -0.2) is 0 Å². The van der Waals surface area contributed by atoms with E-state index in [0.29, 0.717) is 19.6 Å². The van der Waals surface area contributed by atoms with Gasteiger partial charge in [0, 0.05) is 31.4 Å². The Morgan fingerprint density at radius 1 is 1.09 bits per heavy atom. The maximum absolute atomic E-state index is 14.1. The van der Waals surface area contributed by atoms with Gasteiger partial charge < -0.3 is 16.0 Å². The molecule has 2 amide bonds. The maximum Gasteiger partial charge on any atom is 0.247 e. The molecule has 3 N–H and O–H groups in total. The average molecular weight is 465 g/mol. The molecule has 1 aromatic carbocycles. The minimum absolute atomic E-state index is 0.00555. The van der Waals surface area contributed by atoms with Crippen LogP contribution in [-0.4, -0.2) is 43.5 Å². The standard InChI is InChI=1S/C28H40N4O2/c1-27(2,3)21-12-14-23(15-13-21)32(26(34)28(4)18-30-19-28)24(20-9-8-16-29-17-20)25(33)31-22-10-6-5-7-11-22/h8-9,12-16,22,24,29-30H,5-7,10-11,17-19H2,1-4H3,(H,31,33). The average Bonchev–Trinajstić information content (AvgIpc) is 2.81. The number of amides is 2. The van der Waals surface area contributed by atoms with Crippen LogP contribution in [0.1, 0.15) is 65.4 Å². The molecule has 2 aliphatic heterocycles. The molecule has 2 heterocycles. The first kappa shape index (κ1) is 24.5. The summed E-state index contributed by atoms with van der Waals surface area (Å²) in [5, 5.41) is 9.78. The Hall–Kier alpha value is -2.60. The number of dihydropyridines is 1. The number of allylic oxidation sites excluding steroid dienone is 2. The molecule has 0 spiro atoms. The zero-order valence-electron chi connectivity index (χ0n) is 21.1. The fourth-order valence-corrected chi connectivity index (χ4v) is 5.09. The van der Waals surface area contributed by atoms with Gasteiger partial charge in [0.2, 0.25) is 11.8 Å². The van der Waals surface area contributed by atoms with E-state index in [1.165, 1.54) is 12.0 Å². The van der Waals surface area contributed by atoms with Crippen LogP contribution in [-0.2, 0) is 15.0 Å². The molecule has 0 radical (unpaired) electrons. The molecule has 1 saturated carbocycles. The van der Waals surface area contributed by atoms with Crippen molar-refractivity contribution < 1.29 is 9.59 Å². The Bertz CT molecular complexity index is 948. The number of benzene rings is 1. The molecule has 6 nitrogen and oxygen atoms in total. The van der Waals surface area contributed by atoms with Gasteiger partial charge in [-0.3, -0.25) is 14.5 Å². The van der Waals surface area contributed by atoms with Gasteiger partial charge in [0.15, 0.2) is 0 Å². The summed E-state index contributed by atoms with van der Waals surface area (Å²) < 4.78 is 0. The number of nitrogens with zero attached hydrogens (tertiary/aromatic N) is 1. The third-order valence-electron chi connectivity index (χ3n) is 7.42. The predicted octanol–water partition coefficient (Wildman–Crippen LogP) is 3.79. The van der Waals surface area contributed by atoms with Gasteiger partial charge in [-0.2, -0.15) is 0 Å². The van der Waals surface area contributed by atoms with Crippen molar-refractivity contribution >= 4 is 17.5 Å². The predicted molar refractivity (Wildman–Crippen MR) is 138 cm³/mol. The molecule has 0 bridgehead atoms. The second kappa shape index (κ2) is 9.95. The van der Waals surface area contributed by atoms with Crippen molar-refractivity contribution in [3.05, 3.63) is 53.8 Å². The van der Waals surface area contributed by atoms with E-state index in [1.54, 1.807) is 4.90 Å². The van der Waals surface area contributed by atoms with E-state index in [2.05, 4.69) is 48.9 Å². The van der Waals surface area contributed by atoms with Gasteiger partial charge >= 0.3 is 0 Å². The van der Waals surface area contributed by atoms with Crippen molar-refractivity contribution in [2.45, 2.75) is 77.3 Å². The minimum atomic E-state index is -0.690. The van der Waals surface area contributed by atoms with E-state index in [-0.39, 0.29) is 23.3 Å². The molecule has 3 aliphatic rings. The number of anilines is 1. The van der Waals surface area contributed by atoms with Crippen LogP contribution in [0.2, 0.25) is 0 Å². The van der Waals surface area contributed by atoms with Gasteiger partial charge in [-0.05, 0) is 60.7 Å². The van der Waals surface area contributed by atoms with E-state index in [0.717, 1.165) is 36.9 Å². The first-order valence-electron chi connectivity index (χ1n) is 12.7. The van der Waals surface area contributed by atoms with Crippen molar-refractivity contribution in [3.8, 4) is 0 Å². The topological polar surface area (TPSA) is 73.5 Å². The monoisotopic (exact) mass is 464 g/mol. The molecule has 0 aromatic heterocycles. The molecule has 2 fully saturated rings. The summed E-state index contributed by atoms with van der Waals surface area (Å²) in [7, 11) is 0. The molecule has 1 aromatic rings. The summed E-state index contributed by atoms with van der Waals surface area (Å²) in [5.74, 6) is -0.0895. The van der Waals surface area contributed by atoms with E-state index in [9.17, 15) is 9.59 Å². The summed E-state index contributed by atoms with van der Waals surface area (Å²) >= 11 is 0. The number of hydrogen-bond acceptors (Lipinski definition) is 4. The van der Waals surface area contributed by atoms with Crippen molar-refractivity contribution in [3.63, 3.8) is 0 Å². The van der Waals surface area contributed by atoms with E-state index in [1.807, 2.05) is 37.4 Å². The Morgan fingerprint density at radius 3 is 2.29 bits per heavy atom. The van der Waals surface area contributed by atoms with E-state index >= 15 is 0 Å². The molecule has 1 aliphatic carbocycles. The summed E-state index contributed by atoms with van der Waals surface area (Å²) in [6.07, 6.45) is 11.3. The van der Waals surface area contributed by atoms with Gasteiger partial charge in [-0.1, -0.05) is 58.2 Å². The number of nitrogens with one attached hydrogen (secondary N) is 3. The van der Waals surface area contributed by atoms with Gasteiger partial charge in [-0.15, -0.1) is 0 Å². The lowest BCUT2D eigenvalue weighted by atomic mass is 9.81. The Kier molecular flexibility index (Phi) is 7.17. The Morgan fingerprint density at radius 2 is 1.76 bits per heavy atom. The normalized spacial score (nSPS) is 21.0. The summed E-state index contributed by atoms with van der Waals surface area (Å²) in [4.78, 5) is 29.7. The van der Waals surface area contributed by atoms with Crippen LogP contribution in [0.25, 0.3) is 0 Å². The summed E-state index contributed by atoms with van der Waals surface area (Å²) in [5.41, 5.74) is 2.36. The van der Waals surface area contributed by atoms with Crippen LogP contribution in [0, 0.1) is 5.41 Å². The Labute approximate surface area is 204 Å². The molecule has 4 rings (SSSR count). The second-order valence-electron chi connectivity index (χ2n) is 11.4. The number of carbonyl (C=O) groups excluding carboxylic acids is 2. The number of rotatable bonds is 6. The number of hydrogen-bond donors (Lipinski definition) is 3. The van der Waals surface area contributed by atoms with Gasteiger partial charge in [0.1, 0.15) is 6.04 Å². The molecule has 1 saturated heterocycles. The largest absolute Gasteiger partial charge is 0.387 e. The number of carbonyl (C=O) groups is 2. The van der Waals surface area contributed by atoms with Crippen molar-refractivity contribution in [1.29, 1.82) is 0 Å². The van der Waals surface area contributed by atoms with Crippen molar-refractivity contribution in [2.75, 3.05) is 24.5 Å². The first-order valence-corrected chi connectivity index (χ1v) is 12.7. The van der Waals surface area contributed by atoms with Crippen LogP contribution in [0.15, 0.2) is 48.2 Å². The molecule has 184 valence electrons. The molecular formula is C28H40N4O2. The highest BCUT2D eigenvalue weighted by Crippen LogP contribution is 2.33. The third-order valence-corrected chi connectivity index (χ3v) is 7.42. The van der Waals surface area contributed by atoms with Gasteiger partial charge in [0.25, 0.3) is 0 Å². The summed E-state index contributed by atoms with van der Waals surface area (Å²) in [6.45, 7) is 10.3. The van der Waals surface area contributed by atoms with Crippen LogP contribution in [0.3, 0.4) is 0 Å². The Balaban J connectivity index is 1.74. The molecule has 34 heavy (non-hydrogen) atoms. The fraction of sp³-hybridized carbons (Fsp3) is 0.571. The molecule has 1 atom stereocenters. The highest BCUT2D eigenvalue weighted by molar-refractivity contribution is 6.05. The second-order valence-corrected chi connectivity index (χ2v) is 11.4. The molecular weight excluding hydrogens is 424 g/mol. The van der Waals surface area contributed by atoms with Crippen LogP contribution < -0.4 is 20.9 Å². The fourth-order valence-electron chi connectivity index (χ4n) is 5.09. The third kappa shape index (κ3) is 5.22. The summed E-state index contributed by atoms with van der Waals surface area (Å²) in [6, 6.07) is 7.66. The van der Waals surface area contributed by atoms with E-state index in [4.69, 9.17) is 0 Å². The minimum Gasteiger partial charge on any atom is -0.387 e. The lowest BCUT2D eigenvalue weighted by Gasteiger charge is -2.44. The van der Waals surface area contributed by atoms with Crippen LogP contribution in [0.5, 0.6) is 0 Å². The SMILES string of the molecule is CC1(C(=O)N(c2ccc(C(C)(C)C)cc2)C(C(=O)NC2CCCCC2)C2=CC=CNC2)CNC1. The quantitative estimate of drug-likeness (QED) is 0.599. The lowest BCUT2D eigenvalue weighted by Crippen LogP contribution is -2.64.